The third kappa shape index (κ3) is 5.84. The predicted octanol–water partition coefficient (Wildman–Crippen LogP) is 17.8. The second-order valence-corrected chi connectivity index (χ2v) is 17.8. The highest BCUT2D eigenvalue weighted by Gasteiger charge is 2.21. The molecule has 2 heterocycles. The Bertz CT molecular complexity index is 3950. The molecule has 0 aliphatic rings. The molecule has 0 bridgehead atoms. The third-order valence-corrected chi connectivity index (χ3v) is 14.4. The largest absolute Gasteiger partial charge is 0.309 e. The molecule has 0 saturated carbocycles. The molecule has 0 saturated heterocycles. The van der Waals surface area contributed by atoms with Gasteiger partial charge in [0, 0.05) is 36.6 Å². The Morgan fingerprint density at radius 2 is 0.781 bits per heavy atom. The second-order valence-electron chi connectivity index (χ2n) is 16.8. The maximum Gasteiger partial charge on any atom is 0.0541 e. The maximum absolute atomic E-state index is 2.48. The monoisotopic (exact) mass is 829 g/mol. The van der Waals surface area contributed by atoms with Crippen LogP contribution < -0.4 is 0 Å². The Labute approximate surface area is 375 Å². The Balaban J connectivity index is 1.07. The summed E-state index contributed by atoms with van der Waals surface area (Å²) in [5, 5.41) is 10.1. The number of thiophene rings is 1. The molecule has 0 fully saturated rings. The lowest BCUT2D eigenvalue weighted by Gasteiger charge is -2.20. The zero-order valence-corrected chi connectivity index (χ0v) is 35.7. The lowest BCUT2D eigenvalue weighted by atomic mass is 9.84. The van der Waals surface area contributed by atoms with E-state index in [-0.39, 0.29) is 0 Å². The van der Waals surface area contributed by atoms with Crippen LogP contribution in [0.1, 0.15) is 0 Å². The van der Waals surface area contributed by atoms with E-state index in [0.29, 0.717) is 0 Å². The molecule has 0 unspecified atom stereocenters. The average Bonchev–Trinajstić information content (AvgIpc) is 3.92. The summed E-state index contributed by atoms with van der Waals surface area (Å²) in [6.45, 7) is 0. The van der Waals surface area contributed by atoms with Gasteiger partial charge in [-0.2, -0.15) is 0 Å². The Morgan fingerprint density at radius 1 is 0.266 bits per heavy atom. The fourth-order valence-electron chi connectivity index (χ4n) is 10.3. The number of hydrogen-bond acceptors (Lipinski definition) is 1. The molecule has 13 rings (SSSR count). The Kier molecular flexibility index (Phi) is 8.47. The molecule has 2 heteroatoms. The first-order chi connectivity index (χ1) is 31.7. The summed E-state index contributed by atoms with van der Waals surface area (Å²) < 4.78 is 5.13. The van der Waals surface area contributed by atoms with Crippen LogP contribution in [0.4, 0.5) is 0 Å². The van der Waals surface area contributed by atoms with Gasteiger partial charge in [0.15, 0.2) is 0 Å². The van der Waals surface area contributed by atoms with Crippen molar-refractivity contribution in [2.24, 2.45) is 0 Å². The van der Waals surface area contributed by atoms with E-state index >= 15 is 0 Å². The van der Waals surface area contributed by atoms with E-state index in [1.807, 2.05) is 11.3 Å². The maximum atomic E-state index is 2.48. The zero-order chi connectivity index (χ0) is 42.1. The lowest BCUT2D eigenvalue weighted by molar-refractivity contribution is 1.19. The molecule has 0 atom stereocenters. The number of fused-ring (bicyclic) bond motifs is 8. The SMILES string of the molecule is c1ccc(-c2cccc(-c3c4ccccc4c(-c4cccc(-c5ccccc5)c4)c4cc(-n5c6ccccc6c6cc(-c7cccc8c7sc7ccccc78)ccc65)ccc34)c2)cc1. The van der Waals surface area contributed by atoms with Gasteiger partial charge >= 0.3 is 0 Å². The summed E-state index contributed by atoms with van der Waals surface area (Å²) in [4.78, 5) is 0. The molecular formula is C62H39NS. The van der Waals surface area contributed by atoms with Crippen LogP contribution in [0.2, 0.25) is 0 Å². The van der Waals surface area contributed by atoms with Crippen LogP contribution in [0.25, 0.3) is 125 Å². The van der Waals surface area contributed by atoms with E-state index < -0.39 is 0 Å². The molecule has 0 spiro atoms. The van der Waals surface area contributed by atoms with E-state index in [9.17, 15) is 0 Å². The molecule has 11 aromatic carbocycles. The highest BCUT2D eigenvalue weighted by Crippen LogP contribution is 2.47. The third-order valence-electron chi connectivity index (χ3n) is 13.2. The van der Waals surface area contributed by atoms with Crippen molar-refractivity contribution < 1.29 is 0 Å². The first-order valence-corrected chi connectivity index (χ1v) is 22.8. The summed E-state index contributed by atoms with van der Waals surface area (Å²) in [6, 6.07) is 87.3. The van der Waals surface area contributed by atoms with Crippen molar-refractivity contribution in [1.82, 2.24) is 4.57 Å². The summed E-state index contributed by atoms with van der Waals surface area (Å²) in [5.41, 5.74) is 15.8. The average molecular weight is 830 g/mol. The van der Waals surface area contributed by atoms with Crippen molar-refractivity contribution in [3.63, 3.8) is 0 Å². The van der Waals surface area contributed by atoms with Gasteiger partial charge < -0.3 is 4.57 Å². The molecule has 1 nitrogen and oxygen atoms in total. The minimum Gasteiger partial charge on any atom is -0.309 e. The van der Waals surface area contributed by atoms with Crippen molar-refractivity contribution in [3.05, 3.63) is 237 Å². The topological polar surface area (TPSA) is 4.93 Å². The van der Waals surface area contributed by atoms with Crippen LogP contribution in [-0.4, -0.2) is 4.57 Å². The molecular weight excluding hydrogens is 791 g/mol. The summed E-state index contributed by atoms with van der Waals surface area (Å²) in [5.74, 6) is 0. The molecule has 0 aliphatic carbocycles. The summed E-state index contributed by atoms with van der Waals surface area (Å²) in [7, 11) is 0. The van der Waals surface area contributed by atoms with Gasteiger partial charge in [0.1, 0.15) is 0 Å². The van der Waals surface area contributed by atoms with Gasteiger partial charge in [0.25, 0.3) is 0 Å². The van der Waals surface area contributed by atoms with Gasteiger partial charge in [-0.25, -0.2) is 0 Å². The quantitative estimate of drug-likeness (QED) is 0.147. The van der Waals surface area contributed by atoms with E-state index in [4.69, 9.17) is 0 Å². The van der Waals surface area contributed by atoms with Gasteiger partial charge in [-0.3, -0.25) is 0 Å². The van der Waals surface area contributed by atoms with Crippen molar-refractivity contribution in [2.45, 2.75) is 0 Å². The van der Waals surface area contributed by atoms with Crippen LogP contribution in [0.15, 0.2) is 237 Å². The smallest absolute Gasteiger partial charge is 0.0541 e. The standard InChI is InChI=1S/C62H39NS/c1-3-16-40(17-4-1)42-20-13-22-45(36-42)60-51-26-7-8-27-52(51)61(46-23-14-21-43(37-46)41-18-5-2-6-19-41)56-39-47(33-34-53(56)60)63-57-30-11-9-24-49(57)55-38-44(32-35-58(55)63)48-28-15-29-54-50-25-10-12-31-59(50)64-62(48)54/h1-39H. The fraction of sp³-hybridized carbons (Fsp3) is 0. The van der Waals surface area contributed by atoms with Gasteiger partial charge in [-0.05, 0) is 126 Å². The van der Waals surface area contributed by atoms with Gasteiger partial charge in [-0.1, -0.05) is 188 Å². The lowest BCUT2D eigenvalue weighted by Crippen LogP contribution is -1.96. The second kappa shape index (κ2) is 14.8. The van der Waals surface area contributed by atoms with E-state index in [2.05, 4.69) is 241 Å². The molecule has 64 heavy (non-hydrogen) atoms. The molecule has 298 valence electrons. The fourth-order valence-corrected chi connectivity index (χ4v) is 11.5. The molecule has 2 aromatic heterocycles. The van der Waals surface area contributed by atoms with Crippen molar-refractivity contribution in [1.29, 1.82) is 0 Å². The molecule has 0 aliphatic heterocycles. The zero-order valence-electron chi connectivity index (χ0n) is 34.9. The first kappa shape index (κ1) is 36.6. The number of nitrogens with zero attached hydrogens (tertiary/aromatic N) is 1. The van der Waals surface area contributed by atoms with E-state index in [1.165, 1.54) is 119 Å². The minimum absolute atomic E-state index is 1.14. The Hall–Kier alpha value is -8.04. The minimum atomic E-state index is 1.14. The first-order valence-electron chi connectivity index (χ1n) is 22.0. The summed E-state index contributed by atoms with van der Waals surface area (Å²) >= 11 is 1.89. The predicted molar refractivity (Wildman–Crippen MR) is 276 cm³/mol. The van der Waals surface area contributed by atoms with Gasteiger partial charge in [-0.15, -0.1) is 11.3 Å². The number of hydrogen-bond donors (Lipinski definition) is 0. The molecule has 0 radical (unpaired) electrons. The van der Waals surface area contributed by atoms with E-state index in [1.54, 1.807) is 0 Å². The van der Waals surface area contributed by atoms with Gasteiger partial charge in [0.05, 0.1) is 11.0 Å². The van der Waals surface area contributed by atoms with Crippen LogP contribution in [-0.2, 0) is 0 Å². The number of benzene rings is 11. The molecule has 0 N–H and O–H groups in total. The molecule has 13 aromatic rings. The normalized spacial score (nSPS) is 11.8. The highest BCUT2D eigenvalue weighted by atomic mass is 32.1. The highest BCUT2D eigenvalue weighted by molar-refractivity contribution is 7.26. The van der Waals surface area contributed by atoms with Gasteiger partial charge in [0.2, 0.25) is 0 Å². The van der Waals surface area contributed by atoms with Crippen molar-refractivity contribution in [2.75, 3.05) is 0 Å². The van der Waals surface area contributed by atoms with Crippen LogP contribution in [0.5, 0.6) is 0 Å². The summed E-state index contributed by atoms with van der Waals surface area (Å²) in [6.07, 6.45) is 0. The van der Waals surface area contributed by atoms with Crippen LogP contribution in [0.3, 0.4) is 0 Å². The Morgan fingerprint density at radius 3 is 1.48 bits per heavy atom. The molecule has 0 amide bonds. The van der Waals surface area contributed by atoms with Crippen LogP contribution in [0, 0.1) is 0 Å². The van der Waals surface area contributed by atoms with E-state index in [0.717, 1.165) is 5.69 Å². The van der Waals surface area contributed by atoms with Crippen molar-refractivity contribution in [3.8, 4) is 61.3 Å². The van der Waals surface area contributed by atoms with Crippen LogP contribution >= 0.6 is 11.3 Å². The number of para-hydroxylation sites is 1. The number of aromatic nitrogens is 1. The number of rotatable bonds is 6. The van der Waals surface area contributed by atoms with Crippen molar-refractivity contribution >= 4 is 74.9 Å².